The minimum Gasteiger partial charge on any atom is -0.347 e. The maximum Gasteiger partial charge on any atom is 0.329 e. The maximum atomic E-state index is 11.9. The Morgan fingerprint density at radius 3 is 2.47 bits per heavy atom. The summed E-state index contributed by atoms with van der Waals surface area (Å²) >= 11 is 6.32. The summed E-state index contributed by atoms with van der Waals surface area (Å²) in [6, 6.07) is 19.2. The number of nitrogens with zero attached hydrogens (tertiary/aromatic N) is 2. The van der Waals surface area contributed by atoms with Crippen LogP contribution in [0.4, 0.5) is 0 Å². The SMILES string of the molecule is Cc1cc(/C=N\NC(=O)C(=O)NCCc2ccccc2)c(C)n1-c1ccccc1Cl. The van der Waals surface area contributed by atoms with Gasteiger partial charge in [-0.05, 0) is 44.0 Å². The summed E-state index contributed by atoms with van der Waals surface area (Å²) in [7, 11) is 0. The van der Waals surface area contributed by atoms with Crippen molar-refractivity contribution < 1.29 is 9.59 Å². The number of amides is 2. The third-order valence-corrected chi connectivity index (χ3v) is 5.00. The number of benzene rings is 2. The Morgan fingerprint density at radius 1 is 1.03 bits per heavy atom. The Bertz CT molecular complexity index is 1070. The molecule has 2 N–H and O–H groups in total. The van der Waals surface area contributed by atoms with E-state index in [0.29, 0.717) is 18.0 Å². The molecule has 3 rings (SSSR count). The fraction of sp³-hybridized carbons (Fsp3) is 0.174. The Balaban J connectivity index is 1.57. The molecule has 0 saturated heterocycles. The predicted octanol–water partition coefficient (Wildman–Crippen LogP) is 3.56. The van der Waals surface area contributed by atoms with Crippen molar-refractivity contribution in [3.05, 3.63) is 88.2 Å². The first-order valence-corrected chi connectivity index (χ1v) is 9.94. The Labute approximate surface area is 180 Å². The van der Waals surface area contributed by atoms with E-state index in [1.807, 2.05) is 79.1 Å². The van der Waals surface area contributed by atoms with Crippen molar-refractivity contribution in [2.45, 2.75) is 20.3 Å². The average Bonchev–Trinajstić information content (AvgIpc) is 3.02. The lowest BCUT2D eigenvalue weighted by Gasteiger charge is -2.11. The summed E-state index contributed by atoms with van der Waals surface area (Å²) in [5.41, 5.74) is 6.95. The second-order valence-corrected chi connectivity index (χ2v) is 7.21. The highest BCUT2D eigenvalue weighted by atomic mass is 35.5. The zero-order chi connectivity index (χ0) is 21.5. The van der Waals surface area contributed by atoms with Gasteiger partial charge in [0.15, 0.2) is 0 Å². The number of nitrogens with one attached hydrogen (secondary N) is 2. The molecule has 2 aromatic carbocycles. The number of carbonyl (C=O) groups excluding carboxylic acids is 2. The molecule has 2 amide bonds. The maximum absolute atomic E-state index is 11.9. The van der Waals surface area contributed by atoms with Gasteiger partial charge in [-0.25, -0.2) is 5.43 Å². The molecule has 0 atom stereocenters. The van der Waals surface area contributed by atoms with Crippen LogP contribution in [0.15, 0.2) is 65.8 Å². The molecule has 1 aromatic heterocycles. The second-order valence-electron chi connectivity index (χ2n) is 6.80. The van der Waals surface area contributed by atoms with Crippen LogP contribution in [-0.2, 0) is 16.0 Å². The van der Waals surface area contributed by atoms with Crippen LogP contribution in [0, 0.1) is 13.8 Å². The molecule has 0 spiro atoms. The molecule has 6 nitrogen and oxygen atoms in total. The van der Waals surface area contributed by atoms with Gasteiger partial charge in [-0.3, -0.25) is 9.59 Å². The minimum absolute atomic E-state index is 0.374. The van der Waals surface area contributed by atoms with Gasteiger partial charge in [0.2, 0.25) is 0 Å². The Morgan fingerprint density at radius 2 is 1.73 bits per heavy atom. The summed E-state index contributed by atoms with van der Waals surface area (Å²) in [6.07, 6.45) is 2.17. The van der Waals surface area contributed by atoms with Crippen LogP contribution in [0.1, 0.15) is 22.5 Å². The van der Waals surface area contributed by atoms with Crippen molar-refractivity contribution in [3.8, 4) is 5.69 Å². The molecular formula is C23H23ClN4O2. The van der Waals surface area contributed by atoms with Crippen molar-refractivity contribution in [1.82, 2.24) is 15.3 Å². The van der Waals surface area contributed by atoms with Crippen LogP contribution in [0.5, 0.6) is 0 Å². The molecule has 3 aromatic rings. The molecule has 0 fully saturated rings. The van der Waals surface area contributed by atoms with Gasteiger partial charge in [0.25, 0.3) is 0 Å². The molecule has 0 unspecified atom stereocenters. The van der Waals surface area contributed by atoms with E-state index in [1.54, 1.807) is 0 Å². The highest BCUT2D eigenvalue weighted by molar-refractivity contribution is 6.35. The van der Waals surface area contributed by atoms with E-state index in [9.17, 15) is 9.59 Å². The molecule has 0 radical (unpaired) electrons. The number of halogens is 1. The molecule has 154 valence electrons. The highest BCUT2D eigenvalue weighted by Gasteiger charge is 2.13. The highest BCUT2D eigenvalue weighted by Crippen LogP contribution is 2.25. The van der Waals surface area contributed by atoms with Gasteiger partial charge in [0.05, 0.1) is 16.9 Å². The summed E-state index contributed by atoms with van der Waals surface area (Å²) in [5, 5.41) is 7.16. The van der Waals surface area contributed by atoms with E-state index >= 15 is 0 Å². The first-order valence-electron chi connectivity index (χ1n) is 9.56. The molecule has 30 heavy (non-hydrogen) atoms. The molecule has 1 heterocycles. The monoisotopic (exact) mass is 422 g/mol. The van der Waals surface area contributed by atoms with E-state index in [0.717, 1.165) is 28.2 Å². The van der Waals surface area contributed by atoms with Gasteiger partial charge in [-0.1, -0.05) is 54.1 Å². The molecule has 7 heteroatoms. The number of carbonyl (C=O) groups is 2. The average molecular weight is 423 g/mol. The standard InChI is InChI=1S/C23H23ClN4O2/c1-16-14-19(17(2)28(16)21-11-7-6-10-20(21)24)15-26-27-23(30)22(29)25-13-12-18-8-4-3-5-9-18/h3-11,14-15H,12-13H2,1-2H3,(H,25,29)(H,27,30)/b26-15-. The third kappa shape index (κ3) is 5.15. The number of para-hydroxylation sites is 1. The van der Waals surface area contributed by atoms with E-state index < -0.39 is 11.8 Å². The van der Waals surface area contributed by atoms with Crippen LogP contribution in [0.3, 0.4) is 0 Å². The van der Waals surface area contributed by atoms with Gasteiger partial charge < -0.3 is 9.88 Å². The lowest BCUT2D eigenvalue weighted by molar-refractivity contribution is -0.139. The number of hydrogen-bond acceptors (Lipinski definition) is 3. The minimum atomic E-state index is -0.806. The number of aromatic nitrogens is 1. The number of aryl methyl sites for hydroxylation is 1. The van der Waals surface area contributed by atoms with Gasteiger partial charge in [0.1, 0.15) is 0 Å². The van der Waals surface area contributed by atoms with E-state index in [-0.39, 0.29) is 0 Å². The smallest absolute Gasteiger partial charge is 0.329 e. The van der Waals surface area contributed by atoms with Crippen molar-refractivity contribution in [1.29, 1.82) is 0 Å². The first kappa shape index (κ1) is 21.3. The predicted molar refractivity (Wildman–Crippen MR) is 119 cm³/mol. The van der Waals surface area contributed by atoms with E-state index in [1.165, 1.54) is 6.21 Å². The summed E-state index contributed by atoms with van der Waals surface area (Å²) < 4.78 is 2.02. The van der Waals surface area contributed by atoms with Crippen molar-refractivity contribution in [2.75, 3.05) is 6.54 Å². The zero-order valence-corrected chi connectivity index (χ0v) is 17.6. The van der Waals surface area contributed by atoms with E-state index in [2.05, 4.69) is 15.8 Å². The summed E-state index contributed by atoms with van der Waals surface area (Å²) in [4.78, 5) is 23.8. The Hall–Kier alpha value is -3.38. The Kier molecular flexibility index (Phi) is 7.03. The van der Waals surface area contributed by atoms with Gasteiger partial charge in [-0.2, -0.15) is 5.10 Å². The largest absolute Gasteiger partial charge is 0.347 e. The number of hydrogen-bond donors (Lipinski definition) is 2. The lowest BCUT2D eigenvalue weighted by atomic mass is 10.1. The number of rotatable bonds is 6. The van der Waals surface area contributed by atoms with Crippen LogP contribution in [-0.4, -0.2) is 29.1 Å². The topological polar surface area (TPSA) is 75.5 Å². The molecule has 0 aliphatic carbocycles. The zero-order valence-electron chi connectivity index (χ0n) is 16.9. The molecule has 0 saturated carbocycles. The lowest BCUT2D eigenvalue weighted by Crippen LogP contribution is -2.38. The summed E-state index contributed by atoms with van der Waals surface area (Å²) in [5.74, 6) is -1.52. The molecule has 0 aliphatic rings. The van der Waals surface area contributed by atoms with Crippen LogP contribution in [0.25, 0.3) is 5.69 Å². The normalized spacial score (nSPS) is 10.9. The van der Waals surface area contributed by atoms with Crippen LogP contribution >= 0.6 is 11.6 Å². The van der Waals surface area contributed by atoms with Gasteiger partial charge in [0, 0.05) is 23.5 Å². The van der Waals surface area contributed by atoms with E-state index in [4.69, 9.17) is 11.6 Å². The van der Waals surface area contributed by atoms with Gasteiger partial charge in [-0.15, -0.1) is 0 Å². The first-order chi connectivity index (χ1) is 14.5. The fourth-order valence-electron chi connectivity index (χ4n) is 3.18. The van der Waals surface area contributed by atoms with Crippen LogP contribution < -0.4 is 10.7 Å². The quantitative estimate of drug-likeness (QED) is 0.362. The number of hydrazone groups is 1. The van der Waals surface area contributed by atoms with Crippen LogP contribution in [0.2, 0.25) is 5.02 Å². The third-order valence-electron chi connectivity index (χ3n) is 4.68. The summed E-state index contributed by atoms with van der Waals surface area (Å²) in [6.45, 7) is 4.28. The second kappa shape index (κ2) is 9.89. The molecule has 0 bridgehead atoms. The van der Waals surface area contributed by atoms with Crippen molar-refractivity contribution >= 4 is 29.6 Å². The van der Waals surface area contributed by atoms with Crippen molar-refractivity contribution in [3.63, 3.8) is 0 Å². The van der Waals surface area contributed by atoms with Crippen molar-refractivity contribution in [2.24, 2.45) is 5.10 Å². The molecule has 0 aliphatic heterocycles. The van der Waals surface area contributed by atoms with Gasteiger partial charge >= 0.3 is 11.8 Å². The fourth-order valence-corrected chi connectivity index (χ4v) is 3.40. The molecular weight excluding hydrogens is 400 g/mol.